The van der Waals surface area contributed by atoms with Crippen LogP contribution in [0, 0.1) is 0 Å². The molecule has 0 spiro atoms. The molecule has 4 nitrogen and oxygen atoms in total. The van der Waals surface area contributed by atoms with Crippen molar-refractivity contribution in [1.82, 2.24) is 0 Å². The van der Waals surface area contributed by atoms with E-state index in [4.69, 9.17) is 14.9 Å². The predicted octanol–water partition coefficient (Wildman–Crippen LogP) is 3.58. The summed E-state index contributed by atoms with van der Waals surface area (Å²) in [7, 11) is -0.511. The van der Waals surface area contributed by atoms with Crippen molar-refractivity contribution < 1.29 is 14.0 Å². The first-order valence-electron chi connectivity index (χ1n) is 6.70. The normalized spacial score (nSPS) is 12.3. The van der Waals surface area contributed by atoms with Crippen LogP contribution in [0.1, 0.15) is 36.7 Å². The van der Waals surface area contributed by atoms with Gasteiger partial charge in [0.1, 0.15) is 0 Å². The van der Waals surface area contributed by atoms with Gasteiger partial charge in [0.05, 0.1) is 19.3 Å². The van der Waals surface area contributed by atoms with Gasteiger partial charge in [-0.05, 0) is 29.8 Å². The van der Waals surface area contributed by atoms with Gasteiger partial charge in [-0.1, -0.05) is 32.9 Å². The quantitative estimate of drug-likeness (QED) is 0.524. The second kappa shape index (κ2) is 5.97. The molecule has 2 N–H and O–H groups in total. The summed E-state index contributed by atoms with van der Waals surface area (Å²) in [5.74, 6) is -0.420. The summed E-state index contributed by atoms with van der Waals surface area (Å²) in [4.78, 5) is 11.8. The number of esters is 1. The summed E-state index contributed by atoms with van der Waals surface area (Å²) in [6.45, 7) is 11.3. The van der Waals surface area contributed by atoms with Crippen LogP contribution in [-0.4, -0.2) is 21.4 Å². The molecule has 0 aliphatic heterocycles. The monoisotopic (exact) mass is 295 g/mol. The fourth-order valence-corrected chi connectivity index (χ4v) is 2.52. The number of methoxy groups -OCH3 is 1. The standard InChI is InChI=1S/C15H25NO3Si/c1-15(2,3)20(5,6)19-10-11-8-7-9-12(16)13(11)14(17)18-4/h7-9H,10,16H2,1-6H3. The topological polar surface area (TPSA) is 61.5 Å². The van der Waals surface area contributed by atoms with Gasteiger partial charge in [0.2, 0.25) is 0 Å². The number of hydrogen-bond acceptors (Lipinski definition) is 4. The van der Waals surface area contributed by atoms with Crippen LogP contribution >= 0.6 is 0 Å². The Labute approximate surface area is 122 Å². The van der Waals surface area contributed by atoms with Gasteiger partial charge in [-0.2, -0.15) is 0 Å². The molecule has 0 unspecified atom stereocenters. The summed E-state index contributed by atoms with van der Waals surface area (Å²) in [5.41, 5.74) is 7.49. The fourth-order valence-electron chi connectivity index (χ4n) is 1.57. The molecule has 0 radical (unpaired) electrons. The highest BCUT2D eigenvalue weighted by Gasteiger charge is 2.37. The Bertz CT molecular complexity index is 492. The molecule has 0 saturated heterocycles. The van der Waals surface area contributed by atoms with E-state index in [1.54, 1.807) is 6.07 Å². The van der Waals surface area contributed by atoms with Crippen LogP contribution in [0.2, 0.25) is 18.1 Å². The number of anilines is 1. The molecule has 1 aromatic carbocycles. The predicted molar refractivity (Wildman–Crippen MR) is 84.2 cm³/mol. The highest BCUT2D eigenvalue weighted by atomic mass is 28.4. The van der Waals surface area contributed by atoms with Crippen molar-refractivity contribution >= 4 is 20.0 Å². The number of carbonyl (C=O) groups excluding carboxylic acids is 1. The molecule has 0 bridgehead atoms. The number of ether oxygens (including phenoxy) is 1. The number of nitrogens with two attached hydrogens (primary N) is 1. The molecule has 20 heavy (non-hydrogen) atoms. The summed E-state index contributed by atoms with van der Waals surface area (Å²) >= 11 is 0. The molecular formula is C15H25NO3Si. The summed E-state index contributed by atoms with van der Waals surface area (Å²) < 4.78 is 10.9. The van der Waals surface area contributed by atoms with Crippen LogP contribution in [0.25, 0.3) is 0 Å². The van der Waals surface area contributed by atoms with E-state index in [-0.39, 0.29) is 5.04 Å². The molecule has 0 atom stereocenters. The number of benzene rings is 1. The third-order valence-electron chi connectivity index (χ3n) is 3.97. The molecule has 5 heteroatoms. The fraction of sp³-hybridized carbons (Fsp3) is 0.533. The Hall–Kier alpha value is -1.33. The molecule has 1 rings (SSSR count). The van der Waals surface area contributed by atoms with Crippen LogP contribution < -0.4 is 5.73 Å². The number of rotatable bonds is 4. The zero-order valence-electron chi connectivity index (χ0n) is 13.2. The molecule has 0 heterocycles. The highest BCUT2D eigenvalue weighted by Crippen LogP contribution is 2.37. The maximum atomic E-state index is 11.8. The van der Waals surface area contributed by atoms with Crippen molar-refractivity contribution in [2.24, 2.45) is 0 Å². The SMILES string of the molecule is COC(=O)c1c(N)cccc1CO[Si](C)(C)C(C)(C)C. The average Bonchev–Trinajstić information content (AvgIpc) is 2.34. The molecular weight excluding hydrogens is 270 g/mol. The lowest BCUT2D eigenvalue weighted by molar-refractivity contribution is 0.0598. The number of carbonyl (C=O) groups is 1. The largest absolute Gasteiger partial charge is 0.465 e. The Morgan fingerprint density at radius 2 is 1.90 bits per heavy atom. The van der Waals surface area contributed by atoms with Crippen LogP contribution in [0.4, 0.5) is 5.69 Å². The van der Waals surface area contributed by atoms with Gasteiger partial charge >= 0.3 is 5.97 Å². The minimum absolute atomic E-state index is 0.124. The van der Waals surface area contributed by atoms with Crippen molar-refractivity contribution in [3.8, 4) is 0 Å². The molecule has 0 aromatic heterocycles. The zero-order chi connectivity index (χ0) is 15.6. The minimum Gasteiger partial charge on any atom is -0.465 e. The van der Waals surface area contributed by atoms with E-state index >= 15 is 0 Å². The molecule has 0 saturated carbocycles. The van der Waals surface area contributed by atoms with E-state index in [0.717, 1.165) is 5.56 Å². The van der Waals surface area contributed by atoms with E-state index < -0.39 is 14.3 Å². The van der Waals surface area contributed by atoms with E-state index in [1.165, 1.54) is 7.11 Å². The van der Waals surface area contributed by atoms with E-state index in [0.29, 0.717) is 17.9 Å². The first-order chi connectivity index (χ1) is 9.10. The lowest BCUT2D eigenvalue weighted by Gasteiger charge is -2.36. The Morgan fingerprint density at radius 1 is 1.30 bits per heavy atom. The van der Waals surface area contributed by atoms with Crippen molar-refractivity contribution in [1.29, 1.82) is 0 Å². The van der Waals surface area contributed by atoms with Crippen LogP contribution in [0.5, 0.6) is 0 Å². The zero-order valence-corrected chi connectivity index (χ0v) is 14.2. The van der Waals surface area contributed by atoms with Gasteiger partial charge in [0.25, 0.3) is 0 Å². The number of hydrogen-bond donors (Lipinski definition) is 1. The Morgan fingerprint density at radius 3 is 2.40 bits per heavy atom. The van der Waals surface area contributed by atoms with Gasteiger partial charge < -0.3 is 14.9 Å². The minimum atomic E-state index is -1.87. The Balaban J connectivity index is 3.00. The second-order valence-electron chi connectivity index (χ2n) is 6.42. The average molecular weight is 295 g/mol. The molecule has 0 aliphatic rings. The van der Waals surface area contributed by atoms with E-state index in [9.17, 15) is 4.79 Å². The number of nitrogen functional groups attached to an aromatic ring is 1. The van der Waals surface area contributed by atoms with Gasteiger partial charge in [-0.25, -0.2) is 4.79 Å². The molecule has 112 valence electrons. The lowest BCUT2D eigenvalue weighted by Crippen LogP contribution is -2.40. The third kappa shape index (κ3) is 3.61. The first kappa shape index (κ1) is 16.7. The smallest absolute Gasteiger partial charge is 0.340 e. The molecule has 0 aliphatic carbocycles. The second-order valence-corrected chi connectivity index (χ2v) is 11.2. The third-order valence-corrected chi connectivity index (χ3v) is 8.45. The van der Waals surface area contributed by atoms with Crippen molar-refractivity contribution in [2.45, 2.75) is 45.5 Å². The molecule has 0 fully saturated rings. The van der Waals surface area contributed by atoms with Gasteiger partial charge in [0, 0.05) is 5.69 Å². The van der Waals surface area contributed by atoms with Crippen LogP contribution in [0.15, 0.2) is 18.2 Å². The van der Waals surface area contributed by atoms with Crippen molar-refractivity contribution in [2.75, 3.05) is 12.8 Å². The molecule has 1 aromatic rings. The van der Waals surface area contributed by atoms with Gasteiger partial charge in [0.15, 0.2) is 8.32 Å². The van der Waals surface area contributed by atoms with E-state index in [2.05, 4.69) is 33.9 Å². The maximum absolute atomic E-state index is 11.8. The van der Waals surface area contributed by atoms with Crippen LogP contribution in [0.3, 0.4) is 0 Å². The summed E-state index contributed by atoms with van der Waals surface area (Å²) in [6.07, 6.45) is 0. The summed E-state index contributed by atoms with van der Waals surface area (Å²) in [6, 6.07) is 5.38. The maximum Gasteiger partial charge on any atom is 0.340 e. The summed E-state index contributed by atoms with van der Waals surface area (Å²) in [5, 5.41) is 0.124. The van der Waals surface area contributed by atoms with Crippen molar-refractivity contribution in [3.05, 3.63) is 29.3 Å². The highest BCUT2D eigenvalue weighted by molar-refractivity contribution is 6.74. The van der Waals surface area contributed by atoms with Crippen LogP contribution in [-0.2, 0) is 15.8 Å². The van der Waals surface area contributed by atoms with Crippen molar-refractivity contribution in [3.63, 3.8) is 0 Å². The first-order valence-corrected chi connectivity index (χ1v) is 9.60. The van der Waals surface area contributed by atoms with E-state index in [1.807, 2.05) is 12.1 Å². The lowest BCUT2D eigenvalue weighted by atomic mass is 10.1. The molecule has 0 amide bonds. The van der Waals surface area contributed by atoms with Gasteiger partial charge in [-0.3, -0.25) is 0 Å². The Kier molecular flexibility index (Phi) is 4.99. The van der Waals surface area contributed by atoms with Gasteiger partial charge in [-0.15, -0.1) is 0 Å².